The molecule has 2 amide bonds. The summed E-state index contributed by atoms with van der Waals surface area (Å²) in [5.41, 5.74) is 1.18. The molecule has 1 aliphatic carbocycles. The van der Waals surface area contributed by atoms with Gasteiger partial charge in [-0.1, -0.05) is 30.3 Å². The molecule has 1 saturated heterocycles. The smallest absolute Gasteiger partial charge is 0.313 e. The van der Waals surface area contributed by atoms with Crippen molar-refractivity contribution in [1.82, 2.24) is 10.3 Å². The van der Waals surface area contributed by atoms with E-state index in [0.29, 0.717) is 29.4 Å². The Hall–Kier alpha value is -2.74. The van der Waals surface area contributed by atoms with Crippen molar-refractivity contribution in [2.24, 2.45) is 0 Å². The molecular weight excluding hydrogens is 378 g/mol. The largest absolute Gasteiger partial charge is 0.447 e. The fourth-order valence-electron chi connectivity index (χ4n) is 3.08. The van der Waals surface area contributed by atoms with Gasteiger partial charge in [-0.15, -0.1) is 11.3 Å². The van der Waals surface area contributed by atoms with E-state index in [4.69, 9.17) is 4.74 Å². The number of nitrogens with one attached hydrogen (secondary N) is 1. The molecule has 8 heteroatoms. The van der Waals surface area contributed by atoms with Gasteiger partial charge in [0.05, 0.1) is 12.1 Å². The second kappa shape index (κ2) is 8.10. The van der Waals surface area contributed by atoms with Gasteiger partial charge in [0.2, 0.25) is 12.0 Å². The molecule has 1 saturated carbocycles. The summed E-state index contributed by atoms with van der Waals surface area (Å²) in [7, 11) is 0. The number of amides is 2. The molecule has 28 heavy (non-hydrogen) atoms. The van der Waals surface area contributed by atoms with E-state index in [0.717, 1.165) is 19.3 Å². The maximum absolute atomic E-state index is 12.6. The number of hydrogen-bond donors (Lipinski definition) is 1. The Morgan fingerprint density at radius 1 is 1.29 bits per heavy atom. The predicted molar refractivity (Wildman–Crippen MR) is 104 cm³/mol. The van der Waals surface area contributed by atoms with Crippen LogP contribution >= 0.6 is 11.3 Å². The molecule has 1 unspecified atom stereocenters. The van der Waals surface area contributed by atoms with Crippen LogP contribution in [-0.4, -0.2) is 35.4 Å². The quantitative estimate of drug-likeness (QED) is 0.722. The van der Waals surface area contributed by atoms with Gasteiger partial charge in [-0.05, 0) is 19.3 Å². The van der Waals surface area contributed by atoms with Crippen molar-refractivity contribution in [1.29, 1.82) is 0 Å². The monoisotopic (exact) mass is 399 g/mol. The zero-order chi connectivity index (χ0) is 19.5. The van der Waals surface area contributed by atoms with Crippen molar-refractivity contribution in [3.05, 3.63) is 47.0 Å². The van der Waals surface area contributed by atoms with Crippen LogP contribution in [0.1, 0.15) is 43.0 Å². The van der Waals surface area contributed by atoms with E-state index in [2.05, 4.69) is 10.3 Å². The van der Waals surface area contributed by atoms with Crippen LogP contribution in [0.25, 0.3) is 0 Å². The Morgan fingerprint density at radius 2 is 2.07 bits per heavy atom. The molecule has 2 fully saturated rings. The number of anilines is 1. The lowest BCUT2D eigenvalue weighted by molar-refractivity contribution is -0.156. The second-order valence-electron chi connectivity index (χ2n) is 7.01. The highest BCUT2D eigenvalue weighted by Gasteiger charge is 2.31. The maximum atomic E-state index is 12.6. The zero-order valence-corrected chi connectivity index (χ0v) is 16.1. The van der Waals surface area contributed by atoms with Gasteiger partial charge in [0, 0.05) is 30.0 Å². The minimum Gasteiger partial charge on any atom is -0.447 e. The van der Waals surface area contributed by atoms with Gasteiger partial charge in [0.15, 0.2) is 5.13 Å². The summed E-state index contributed by atoms with van der Waals surface area (Å²) in [6.07, 6.45) is 2.25. The summed E-state index contributed by atoms with van der Waals surface area (Å²) in [4.78, 5) is 42.9. The highest BCUT2D eigenvalue weighted by atomic mass is 32.1. The average molecular weight is 399 g/mol. The van der Waals surface area contributed by atoms with Crippen molar-refractivity contribution in [2.45, 2.75) is 44.2 Å². The third-order valence-corrected chi connectivity index (χ3v) is 5.60. The van der Waals surface area contributed by atoms with Crippen LogP contribution in [0.5, 0.6) is 0 Å². The predicted octanol–water partition coefficient (Wildman–Crippen LogP) is 2.38. The molecule has 1 aliphatic heterocycles. The Bertz CT molecular complexity index is 879. The van der Waals surface area contributed by atoms with Crippen LogP contribution in [0.15, 0.2) is 35.7 Å². The number of carbonyl (C=O) groups is 3. The summed E-state index contributed by atoms with van der Waals surface area (Å²) in [6.45, 7) is 0.660. The first-order chi connectivity index (χ1) is 13.6. The molecule has 0 radical (unpaired) electrons. The summed E-state index contributed by atoms with van der Waals surface area (Å²) in [6, 6.07) is 9.17. The van der Waals surface area contributed by atoms with Crippen molar-refractivity contribution >= 4 is 34.3 Å². The number of ether oxygens (including phenoxy) is 1. The van der Waals surface area contributed by atoms with Gasteiger partial charge < -0.3 is 10.1 Å². The Balaban J connectivity index is 1.42. The Kier molecular flexibility index (Phi) is 5.38. The molecule has 0 spiro atoms. The number of aromatic nitrogens is 1. The molecule has 4 rings (SSSR count). The van der Waals surface area contributed by atoms with Gasteiger partial charge in [-0.3, -0.25) is 19.3 Å². The zero-order valence-electron chi connectivity index (χ0n) is 15.3. The van der Waals surface area contributed by atoms with Crippen LogP contribution < -0.4 is 10.2 Å². The number of benzene rings is 1. The van der Waals surface area contributed by atoms with Gasteiger partial charge in [0.25, 0.3) is 5.91 Å². The molecule has 1 atom stereocenters. The number of esters is 1. The van der Waals surface area contributed by atoms with Crippen LogP contribution in [0.3, 0.4) is 0 Å². The fourth-order valence-corrected chi connectivity index (χ4v) is 3.95. The van der Waals surface area contributed by atoms with E-state index in [1.807, 2.05) is 6.07 Å². The second-order valence-corrected chi connectivity index (χ2v) is 7.85. The topological polar surface area (TPSA) is 88.6 Å². The van der Waals surface area contributed by atoms with Crippen molar-refractivity contribution < 1.29 is 19.1 Å². The minimum absolute atomic E-state index is 0.0431. The first kappa shape index (κ1) is 18.6. The summed E-state index contributed by atoms with van der Waals surface area (Å²) >= 11 is 1.34. The Labute approximate surface area is 166 Å². The van der Waals surface area contributed by atoms with E-state index in [9.17, 15) is 14.4 Å². The van der Waals surface area contributed by atoms with Crippen molar-refractivity contribution in [3.8, 4) is 0 Å². The molecular formula is C20H21N3O4S. The maximum Gasteiger partial charge on any atom is 0.313 e. The lowest BCUT2D eigenvalue weighted by Gasteiger charge is -2.17. The number of nitrogens with zero attached hydrogens (tertiary/aromatic N) is 2. The van der Waals surface area contributed by atoms with Gasteiger partial charge >= 0.3 is 5.97 Å². The molecule has 1 aromatic carbocycles. The summed E-state index contributed by atoms with van der Waals surface area (Å²) in [5.74, 6) is -0.766. The van der Waals surface area contributed by atoms with Crippen LogP contribution in [0.2, 0.25) is 0 Å². The molecule has 2 aliphatic rings. The van der Waals surface area contributed by atoms with E-state index >= 15 is 0 Å². The number of rotatable bonds is 7. The highest BCUT2D eigenvalue weighted by Crippen LogP contribution is 2.27. The van der Waals surface area contributed by atoms with Gasteiger partial charge in [-0.2, -0.15) is 0 Å². The molecule has 0 bridgehead atoms. The normalized spacial score (nSPS) is 17.4. The van der Waals surface area contributed by atoms with Gasteiger partial charge in [0.1, 0.15) is 0 Å². The van der Waals surface area contributed by atoms with E-state index < -0.39 is 12.1 Å². The first-order valence-corrected chi connectivity index (χ1v) is 10.3. The van der Waals surface area contributed by atoms with Crippen LogP contribution in [0.4, 0.5) is 5.13 Å². The molecule has 1 aromatic heterocycles. The number of hydrogen-bond acceptors (Lipinski definition) is 6. The van der Waals surface area contributed by atoms with E-state index in [1.165, 1.54) is 11.3 Å². The number of carbonyl (C=O) groups excluding carboxylic acids is 3. The highest BCUT2D eigenvalue weighted by molar-refractivity contribution is 7.14. The third-order valence-electron chi connectivity index (χ3n) is 4.68. The van der Waals surface area contributed by atoms with Crippen LogP contribution in [0, 0.1) is 0 Å². The van der Waals surface area contributed by atoms with Crippen LogP contribution in [-0.2, 0) is 25.5 Å². The molecule has 7 nitrogen and oxygen atoms in total. The molecule has 146 valence electrons. The standard InChI is InChI=1S/C20H21N3O4S/c24-16-7-4-10-23(16)20-22-15(12-28-20)11-17(25)27-18(13-5-2-1-3-6-13)19(26)21-14-8-9-14/h1-3,5-6,12,14,18H,4,7-11H2,(H,21,26). The minimum atomic E-state index is -0.979. The summed E-state index contributed by atoms with van der Waals surface area (Å²) in [5, 5.41) is 5.26. The van der Waals surface area contributed by atoms with Crippen molar-refractivity contribution in [3.63, 3.8) is 0 Å². The van der Waals surface area contributed by atoms with E-state index in [-0.39, 0.29) is 24.3 Å². The van der Waals surface area contributed by atoms with Crippen molar-refractivity contribution in [2.75, 3.05) is 11.4 Å². The number of thiazole rings is 1. The summed E-state index contributed by atoms with van der Waals surface area (Å²) < 4.78 is 5.52. The molecule has 2 aromatic rings. The average Bonchev–Trinajstić information content (AvgIpc) is 3.21. The fraction of sp³-hybridized carbons (Fsp3) is 0.400. The molecule has 2 heterocycles. The van der Waals surface area contributed by atoms with Gasteiger partial charge in [-0.25, -0.2) is 4.98 Å². The SMILES string of the molecule is O=C(Cc1csc(N2CCCC2=O)n1)OC(C(=O)NC1CC1)c1ccccc1. The molecule has 1 N–H and O–H groups in total. The lowest BCUT2D eigenvalue weighted by Crippen LogP contribution is -2.33. The lowest BCUT2D eigenvalue weighted by atomic mass is 10.1. The first-order valence-electron chi connectivity index (χ1n) is 9.40. The van der Waals surface area contributed by atoms with E-state index in [1.54, 1.807) is 34.5 Å². The third kappa shape index (κ3) is 4.39. The Morgan fingerprint density at radius 3 is 2.75 bits per heavy atom.